The number of nitrogens with zero attached hydrogens (tertiary/aromatic N) is 1. The second kappa shape index (κ2) is 4.70. The number of carboxylic acids is 1. The summed E-state index contributed by atoms with van der Waals surface area (Å²) in [5.41, 5.74) is 1.31. The molecule has 16 heavy (non-hydrogen) atoms. The molecule has 0 radical (unpaired) electrons. The van der Waals surface area contributed by atoms with Crippen LogP contribution in [0, 0.1) is 5.92 Å². The molecule has 1 aliphatic rings. The first kappa shape index (κ1) is 11.2. The fourth-order valence-electron chi connectivity index (χ4n) is 2.15. The van der Waals surface area contributed by atoms with Gasteiger partial charge in [0.15, 0.2) is 0 Å². The number of aliphatic carboxylic acids is 1. The molecule has 1 aromatic heterocycles. The molecule has 1 saturated carbocycles. The number of carboxylic acid groups (broad SMARTS) is 1. The van der Waals surface area contributed by atoms with E-state index in [9.17, 15) is 4.79 Å². The molecule has 1 fully saturated rings. The highest BCUT2D eigenvalue weighted by Gasteiger charge is 2.36. The minimum atomic E-state index is -0.643. The number of hydrogen-bond donors (Lipinski definition) is 2. The van der Waals surface area contributed by atoms with Gasteiger partial charge < -0.3 is 15.0 Å². The fourth-order valence-corrected chi connectivity index (χ4v) is 2.15. The molecule has 0 bridgehead atoms. The zero-order valence-electron chi connectivity index (χ0n) is 9.52. The molecule has 4 heteroatoms. The molecule has 1 aliphatic carbocycles. The highest BCUT2D eigenvalue weighted by atomic mass is 16.4. The van der Waals surface area contributed by atoms with E-state index in [-0.39, 0.29) is 5.92 Å². The number of likely N-dealkylation sites (N-methyl/N-ethyl adjacent to an activating group) is 1. The van der Waals surface area contributed by atoms with E-state index < -0.39 is 5.97 Å². The molecule has 0 unspecified atom stereocenters. The average Bonchev–Trinajstić information content (AvgIpc) is 2.63. The highest BCUT2D eigenvalue weighted by Crippen LogP contribution is 2.31. The minimum Gasteiger partial charge on any atom is -0.481 e. The van der Waals surface area contributed by atoms with Crippen molar-refractivity contribution in [2.24, 2.45) is 5.92 Å². The standard InChI is InChI=1S/C12H18N2O2/c1-14(5-3-9-2-4-13-8-9)11-6-10(7-11)12(15)16/h2,4,8,10-11,13H,3,5-7H2,1H3,(H,15,16). The molecule has 1 aromatic rings. The number of aromatic amines is 1. The molecule has 2 rings (SSSR count). The van der Waals surface area contributed by atoms with Crippen LogP contribution in [-0.4, -0.2) is 40.6 Å². The maximum absolute atomic E-state index is 10.7. The third kappa shape index (κ3) is 2.44. The zero-order valence-corrected chi connectivity index (χ0v) is 9.52. The third-order valence-electron chi connectivity index (χ3n) is 3.50. The summed E-state index contributed by atoms with van der Waals surface area (Å²) < 4.78 is 0. The van der Waals surface area contributed by atoms with Gasteiger partial charge in [0.05, 0.1) is 5.92 Å². The molecular weight excluding hydrogens is 204 g/mol. The molecule has 1 heterocycles. The van der Waals surface area contributed by atoms with Crippen LogP contribution in [0.1, 0.15) is 18.4 Å². The van der Waals surface area contributed by atoms with Gasteiger partial charge in [0.2, 0.25) is 0 Å². The van der Waals surface area contributed by atoms with Gasteiger partial charge in [-0.2, -0.15) is 0 Å². The Morgan fingerprint density at radius 3 is 2.94 bits per heavy atom. The van der Waals surface area contributed by atoms with Crippen molar-refractivity contribution in [3.8, 4) is 0 Å². The molecule has 88 valence electrons. The predicted octanol–water partition coefficient (Wildman–Crippen LogP) is 1.35. The molecule has 0 amide bonds. The van der Waals surface area contributed by atoms with Crippen molar-refractivity contribution in [2.45, 2.75) is 25.3 Å². The highest BCUT2D eigenvalue weighted by molar-refractivity contribution is 5.71. The Bertz CT molecular complexity index is 342. The van der Waals surface area contributed by atoms with Crippen LogP contribution in [0.2, 0.25) is 0 Å². The summed E-state index contributed by atoms with van der Waals surface area (Å²) in [7, 11) is 2.08. The van der Waals surface area contributed by atoms with Gasteiger partial charge in [-0.15, -0.1) is 0 Å². The molecule has 0 aromatic carbocycles. The van der Waals surface area contributed by atoms with Crippen LogP contribution < -0.4 is 0 Å². The predicted molar refractivity (Wildman–Crippen MR) is 61.3 cm³/mol. The normalized spacial score (nSPS) is 24.4. The van der Waals surface area contributed by atoms with Crippen LogP contribution in [0.15, 0.2) is 18.5 Å². The van der Waals surface area contributed by atoms with Crippen molar-refractivity contribution in [3.63, 3.8) is 0 Å². The summed E-state index contributed by atoms with van der Waals surface area (Å²) in [6.45, 7) is 0.995. The maximum Gasteiger partial charge on any atom is 0.306 e. The summed E-state index contributed by atoms with van der Waals surface area (Å²) in [4.78, 5) is 16.0. The van der Waals surface area contributed by atoms with Crippen LogP contribution in [0.3, 0.4) is 0 Å². The lowest BCUT2D eigenvalue weighted by atomic mass is 9.79. The molecule has 0 aliphatic heterocycles. The Morgan fingerprint density at radius 1 is 1.62 bits per heavy atom. The molecule has 0 atom stereocenters. The van der Waals surface area contributed by atoms with E-state index in [1.54, 1.807) is 0 Å². The molecular formula is C12H18N2O2. The fraction of sp³-hybridized carbons (Fsp3) is 0.583. The van der Waals surface area contributed by atoms with E-state index in [4.69, 9.17) is 5.11 Å². The van der Waals surface area contributed by atoms with Crippen molar-refractivity contribution < 1.29 is 9.90 Å². The largest absolute Gasteiger partial charge is 0.481 e. The van der Waals surface area contributed by atoms with Crippen LogP contribution in [0.25, 0.3) is 0 Å². The number of H-pyrrole nitrogens is 1. The number of carbonyl (C=O) groups is 1. The van der Waals surface area contributed by atoms with Crippen LogP contribution >= 0.6 is 0 Å². The van der Waals surface area contributed by atoms with E-state index in [0.29, 0.717) is 6.04 Å². The number of nitrogens with one attached hydrogen (secondary N) is 1. The van der Waals surface area contributed by atoms with E-state index >= 15 is 0 Å². The quantitative estimate of drug-likeness (QED) is 0.790. The van der Waals surface area contributed by atoms with Gasteiger partial charge in [-0.1, -0.05) is 0 Å². The first-order valence-electron chi connectivity index (χ1n) is 5.71. The van der Waals surface area contributed by atoms with Crippen molar-refractivity contribution in [3.05, 3.63) is 24.0 Å². The van der Waals surface area contributed by atoms with Gasteiger partial charge in [-0.25, -0.2) is 0 Å². The molecule has 4 nitrogen and oxygen atoms in total. The van der Waals surface area contributed by atoms with E-state index in [1.807, 2.05) is 12.4 Å². The van der Waals surface area contributed by atoms with Crippen molar-refractivity contribution in [1.82, 2.24) is 9.88 Å². The Hall–Kier alpha value is -1.29. The number of rotatable bonds is 5. The minimum absolute atomic E-state index is 0.111. The van der Waals surface area contributed by atoms with Crippen LogP contribution in [0.5, 0.6) is 0 Å². The van der Waals surface area contributed by atoms with Gasteiger partial charge in [0, 0.05) is 25.0 Å². The SMILES string of the molecule is CN(CCc1cc[nH]c1)C1CC(C(=O)O)C1. The van der Waals surface area contributed by atoms with Crippen LogP contribution in [0.4, 0.5) is 0 Å². The summed E-state index contributed by atoms with van der Waals surface area (Å²) in [6.07, 6.45) is 6.57. The van der Waals surface area contributed by atoms with Crippen LogP contribution in [-0.2, 0) is 11.2 Å². The van der Waals surface area contributed by atoms with Gasteiger partial charge in [0.25, 0.3) is 0 Å². The lowest BCUT2D eigenvalue weighted by Crippen LogP contribution is -2.45. The summed E-state index contributed by atoms with van der Waals surface area (Å²) in [5, 5.41) is 8.79. The van der Waals surface area contributed by atoms with Gasteiger partial charge >= 0.3 is 5.97 Å². The van der Waals surface area contributed by atoms with Crippen molar-refractivity contribution in [1.29, 1.82) is 0 Å². The topological polar surface area (TPSA) is 56.3 Å². The Balaban J connectivity index is 1.70. The van der Waals surface area contributed by atoms with Crippen molar-refractivity contribution in [2.75, 3.05) is 13.6 Å². The number of hydrogen-bond acceptors (Lipinski definition) is 2. The first-order chi connectivity index (χ1) is 7.66. The molecule has 2 N–H and O–H groups in total. The second-order valence-corrected chi connectivity index (χ2v) is 4.61. The van der Waals surface area contributed by atoms with E-state index in [0.717, 1.165) is 25.8 Å². The Kier molecular flexibility index (Phi) is 3.29. The monoisotopic (exact) mass is 222 g/mol. The van der Waals surface area contributed by atoms with Gasteiger partial charge in [0.1, 0.15) is 0 Å². The number of aromatic nitrogens is 1. The smallest absolute Gasteiger partial charge is 0.306 e. The maximum atomic E-state index is 10.7. The lowest BCUT2D eigenvalue weighted by molar-refractivity contribution is -0.146. The Morgan fingerprint density at radius 2 is 2.38 bits per heavy atom. The van der Waals surface area contributed by atoms with E-state index in [2.05, 4.69) is 23.0 Å². The molecule has 0 saturated heterocycles. The van der Waals surface area contributed by atoms with Crippen molar-refractivity contribution >= 4 is 5.97 Å². The Labute approximate surface area is 95.3 Å². The second-order valence-electron chi connectivity index (χ2n) is 4.61. The van der Waals surface area contributed by atoms with E-state index in [1.165, 1.54) is 5.56 Å². The zero-order chi connectivity index (χ0) is 11.5. The molecule has 0 spiro atoms. The third-order valence-corrected chi connectivity index (χ3v) is 3.50. The summed E-state index contributed by atoms with van der Waals surface area (Å²) in [6, 6.07) is 2.54. The lowest BCUT2D eigenvalue weighted by Gasteiger charge is -2.39. The van der Waals surface area contributed by atoms with Gasteiger partial charge in [-0.3, -0.25) is 4.79 Å². The summed E-state index contributed by atoms with van der Waals surface area (Å²) in [5.74, 6) is -0.755. The first-order valence-corrected chi connectivity index (χ1v) is 5.71. The van der Waals surface area contributed by atoms with Gasteiger partial charge in [-0.05, 0) is 37.9 Å². The summed E-state index contributed by atoms with van der Waals surface area (Å²) >= 11 is 0. The average molecular weight is 222 g/mol.